The van der Waals surface area contributed by atoms with Gasteiger partial charge in [0.25, 0.3) is 0 Å². The van der Waals surface area contributed by atoms with E-state index in [0.717, 1.165) is 32.4 Å². The first kappa shape index (κ1) is 17.3. The third-order valence-electron chi connectivity index (χ3n) is 5.08. The first-order valence-corrected chi connectivity index (χ1v) is 8.95. The largest absolute Gasteiger partial charge is 0.396 e. The Morgan fingerprint density at radius 1 is 1.45 bits per heavy atom. The number of aliphatic hydroxyl groups excluding tert-OH is 1. The first-order valence-electron chi connectivity index (χ1n) is 8.14. The highest BCUT2D eigenvalue weighted by Crippen LogP contribution is 2.34. The van der Waals surface area contributed by atoms with E-state index in [1.54, 1.807) is 11.3 Å². The van der Waals surface area contributed by atoms with Crippen LogP contribution in [-0.2, 0) is 0 Å². The minimum absolute atomic E-state index is 0.0124. The number of piperidine rings is 1. The minimum Gasteiger partial charge on any atom is -0.396 e. The molecule has 1 aromatic rings. The summed E-state index contributed by atoms with van der Waals surface area (Å²) < 4.78 is 0. The van der Waals surface area contributed by atoms with Crippen LogP contribution in [0.3, 0.4) is 0 Å². The highest BCUT2D eigenvalue weighted by atomic mass is 32.1. The molecular weight excluding hydrogens is 296 g/mol. The van der Waals surface area contributed by atoms with Crippen molar-refractivity contribution >= 4 is 17.4 Å². The van der Waals surface area contributed by atoms with E-state index in [2.05, 4.69) is 32.2 Å². The van der Waals surface area contributed by atoms with E-state index >= 15 is 0 Å². The molecule has 1 atom stereocenters. The molecule has 0 aliphatic carbocycles. The summed E-state index contributed by atoms with van der Waals surface area (Å²) in [5.74, 6) is 0. The molecule has 0 bridgehead atoms. The summed E-state index contributed by atoms with van der Waals surface area (Å²) in [5.41, 5.74) is 1.23. The van der Waals surface area contributed by atoms with Crippen LogP contribution >= 0.6 is 11.3 Å². The molecule has 124 valence electrons. The maximum atomic E-state index is 12.4. The SMILES string of the molecule is CCC1(CO)CCN(C(=O)NC(C)c2cc(C)sc2C)CC1. The second kappa shape index (κ2) is 7.01. The first-order chi connectivity index (χ1) is 10.4. The molecule has 1 unspecified atom stereocenters. The lowest BCUT2D eigenvalue weighted by molar-refractivity contribution is 0.0516. The molecule has 1 aromatic heterocycles. The zero-order valence-corrected chi connectivity index (χ0v) is 14.9. The van der Waals surface area contributed by atoms with Crippen LogP contribution in [0.2, 0.25) is 0 Å². The summed E-state index contributed by atoms with van der Waals surface area (Å²) in [6.07, 6.45) is 2.75. The molecule has 1 aliphatic heterocycles. The van der Waals surface area contributed by atoms with E-state index < -0.39 is 0 Å². The molecule has 22 heavy (non-hydrogen) atoms. The van der Waals surface area contributed by atoms with Crippen molar-refractivity contribution in [3.05, 3.63) is 21.4 Å². The molecule has 1 fully saturated rings. The third kappa shape index (κ3) is 3.63. The van der Waals surface area contributed by atoms with Gasteiger partial charge in [-0.2, -0.15) is 0 Å². The number of hydrogen-bond acceptors (Lipinski definition) is 3. The monoisotopic (exact) mass is 324 g/mol. The highest BCUT2D eigenvalue weighted by Gasteiger charge is 2.34. The van der Waals surface area contributed by atoms with Crippen molar-refractivity contribution < 1.29 is 9.90 Å². The van der Waals surface area contributed by atoms with Crippen molar-refractivity contribution in [3.63, 3.8) is 0 Å². The van der Waals surface area contributed by atoms with Gasteiger partial charge in [-0.25, -0.2) is 4.79 Å². The van der Waals surface area contributed by atoms with Gasteiger partial charge in [-0.15, -0.1) is 11.3 Å². The number of carbonyl (C=O) groups excluding carboxylic acids is 1. The quantitative estimate of drug-likeness (QED) is 0.889. The van der Waals surface area contributed by atoms with Crippen molar-refractivity contribution in [2.24, 2.45) is 5.41 Å². The summed E-state index contributed by atoms with van der Waals surface area (Å²) in [4.78, 5) is 16.9. The zero-order chi connectivity index (χ0) is 16.3. The van der Waals surface area contributed by atoms with Gasteiger partial charge in [0.2, 0.25) is 0 Å². The van der Waals surface area contributed by atoms with Gasteiger partial charge in [0.15, 0.2) is 0 Å². The zero-order valence-electron chi connectivity index (χ0n) is 14.1. The number of amides is 2. The predicted molar refractivity (Wildman–Crippen MR) is 91.4 cm³/mol. The topological polar surface area (TPSA) is 52.6 Å². The lowest BCUT2D eigenvalue weighted by Crippen LogP contribution is -2.48. The lowest BCUT2D eigenvalue weighted by atomic mass is 9.77. The van der Waals surface area contributed by atoms with E-state index in [-0.39, 0.29) is 24.1 Å². The number of urea groups is 1. The van der Waals surface area contributed by atoms with Crippen LogP contribution in [0.4, 0.5) is 4.79 Å². The number of rotatable bonds is 4. The molecule has 1 saturated heterocycles. The third-order valence-corrected chi connectivity index (χ3v) is 6.06. The van der Waals surface area contributed by atoms with Crippen molar-refractivity contribution in [1.29, 1.82) is 0 Å². The molecular formula is C17H28N2O2S. The number of hydrogen-bond donors (Lipinski definition) is 2. The van der Waals surface area contributed by atoms with Crippen LogP contribution in [0.15, 0.2) is 6.07 Å². The number of likely N-dealkylation sites (tertiary alicyclic amines) is 1. The molecule has 1 aliphatic rings. The normalized spacial score (nSPS) is 19.0. The average molecular weight is 324 g/mol. The van der Waals surface area contributed by atoms with E-state index in [0.29, 0.717) is 0 Å². The maximum Gasteiger partial charge on any atom is 0.317 e. The standard InChI is InChI=1S/C17H28N2O2S/c1-5-17(11-20)6-8-19(9-7-17)16(21)18-13(3)15-10-12(2)22-14(15)4/h10,13,20H,5-9,11H2,1-4H3,(H,18,21). The summed E-state index contributed by atoms with van der Waals surface area (Å²) >= 11 is 1.77. The van der Waals surface area contributed by atoms with Gasteiger partial charge in [0.1, 0.15) is 0 Å². The van der Waals surface area contributed by atoms with Gasteiger partial charge in [0.05, 0.1) is 6.04 Å². The summed E-state index contributed by atoms with van der Waals surface area (Å²) in [6, 6.07) is 2.21. The Labute approximate surface area is 137 Å². The number of thiophene rings is 1. The highest BCUT2D eigenvalue weighted by molar-refractivity contribution is 7.12. The molecule has 2 N–H and O–H groups in total. The Bertz CT molecular complexity index is 513. The second-order valence-electron chi connectivity index (χ2n) is 6.54. The molecule has 0 aromatic carbocycles. The number of nitrogens with zero attached hydrogens (tertiary/aromatic N) is 1. The van der Waals surface area contributed by atoms with Crippen molar-refractivity contribution in [3.8, 4) is 0 Å². The van der Waals surface area contributed by atoms with Crippen molar-refractivity contribution in [2.45, 2.75) is 53.0 Å². The molecule has 2 rings (SSSR count). The van der Waals surface area contributed by atoms with Crippen LogP contribution in [0.1, 0.15) is 54.5 Å². The van der Waals surface area contributed by atoms with Gasteiger partial charge < -0.3 is 15.3 Å². The fourth-order valence-corrected chi connectivity index (χ4v) is 4.26. The molecule has 2 heterocycles. The molecule has 0 saturated carbocycles. The molecule has 2 amide bonds. The number of carbonyl (C=O) groups is 1. The van der Waals surface area contributed by atoms with E-state index in [1.807, 2.05) is 11.8 Å². The smallest absolute Gasteiger partial charge is 0.317 e. The van der Waals surface area contributed by atoms with Crippen LogP contribution in [0.25, 0.3) is 0 Å². The summed E-state index contributed by atoms with van der Waals surface area (Å²) in [7, 11) is 0. The van der Waals surface area contributed by atoms with Crippen molar-refractivity contribution in [2.75, 3.05) is 19.7 Å². The van der Waals surface area contributed by atoms with Gasteiger partial charge in [0, 0.05) is 29.5 Å². The fourth-order valence-electron chi connectivity index (χ4n) is 3.24. The Balaban J connectivity index is 1.92. The molecule has 0 spiro atoms. The van der Waals surface area contributed by atoms with Crippen LogP contribution in [0.5, 0.6) is 0 Å². The molecule has 4 nitrogen and oxygen atoms in total. The fraction of sp³-hybridized carbons (Fsp3) is 0.706. The Hall–Kier alpha value is -1.07. The molecule has 5 heteroatoms. The summed E-state index contributed by atoms with van der Waals surface area (Å²) in [6.45, 7) is 10.1. The number of aryl methyl sites for hydroxylation is 2. The second-order valence-corrected chi connectivity index (χ2v) is 8.00. The Morgan fingerprint density at radius 3 is 2.55 bits per heavy atom. The Morgan fingerprint density at radius 2 is 2.09 bits per heavy atom. The van der Waals surface area contributed by atoms with Gasteiger partial charge in [-0.1, -0.05) is 6.92 Å². The summed E-state index contributed by atoms with van der Waals surface area (Å²) in [5, 5.41) is 12.7. The maximum absolute atomic E-state index is 12.4. The number of aliphatic hydroxyl groups is 1. The van der Waals surface area contributed by atoms with Crippen LogP contribution < -0.4 is 5.32 Å². The van der Waals surface area contributed by atoms with E-state index in [4.69, 9.17) is 0 Å². The predicted octanol–water partition coefficient (Wildman–Crippen LogP) is 3.62. The van der Waals surface area contributed by atoms with E-state index in [1.165, 1.54) is 15.3 Å². The minimum atomic E-state index is 0.0124. The van der Waals surface area contributed by atoms with E-state index in [9.17, 15) is 9.90 Å². The van der Waals surface area contributed by atoms with Gasteiger partial charge in [-0.3, -0.25) is 0 Å². The lowest BCUT2D eigenvalue weighted by Gasteiger charge is -2.40. The van der Waals surface area contributed by atoms with Gasteiger partial charge in [-0.05, 0) is 57.1 Å². The van der Waals surface area contributed by atoms with Crippen LogP contribution in [0, 0.1) is 19.3 Å². The molecule has 0 radical (unpaired) electrons. The average Bonchev–Trinajstić information content (AvgIpc) is 2.86. The van der Waals surface area contributed by atoms with Gasteiger partial charge >= 0.3 is 6.03 Å². The number of nitrogens with one attached hydrogen (secondary N) is 1. The van der Waals surface area contributed by atoms with Crippen LogP contribution in [-0.4, -0.2) is 35.7 Å². The Kier molecular flexibility index (Phi) is 5.50. The van der Waals surface area contributed by atoms with Crippen molar-refractivity contribution in [1.82, 2.24) is 10.2 Å².